The number of nitrogens with zero attached hydrogens (tertiary/aromatic N) is 1. The zero-order valence-electron chi connectivity index (χ0n) is 10.0. The molecule has 0 aliphatic rings. The molecule has 0 amide bonds. The Morgan fingerprint density at radius 1 is 1.47 bits per heavy atom. The average Bonchev–Trinajstić information content (AvgIpc) is 2.19. The molecule has 0 N–H and O–H groups in total. The predicted octanol–water partition coefficient (Wildman–Crippen LogP) is 3.66. The highest BCUT2D eigenvalue weighted by molar-refractivity contribution is 9.10. The minimum absolute atomic E-state index is 0.285. The summed E-state index contributed by atoms with van der Waals surface area (Å²) in [6, 6.07) is 4.86. The molecule has 94 valence electrons. The molecule has 5 heteroatoms. The Morgan fingerprint density at radius 3 is 2.65 bits per heavy atom. The van der Waals surface area contributed by atoms with Gasteiger partial charge in [-0.05, 0) is 38.5 Å². The van der Waals surface area contributed by atoms with E-state index in [0.717, 1.165) is 0 Å². The van der Waals surface area contributed by atoms with Gasteiger partial charge in [-0.1, -0.05) is 26.4 Å². The van der Waals surface area contributed by atoms with Crippen molar-refractivity contribution in [2.24, 2.45) is 4.40 Å². The van der Waals surface area contributed by atoms with E-state index < -0.39 is 11.4 Å². The lowest BCUT2D eigenvalue weighted by Crippen LogP contribution is -2.25. The molecule has 0 aliphatic carbocycles. The number of halogens is 2. The van der Waals surface area contributed by atoms with E-state index in [0.29, 0.717) is 16.5 Å². The van der Waals surface area contributed by atoms with Crippen molar-refractivity contribution < 1.29 is 8.94 Å². The van der Waals surface area contributed by atoms with Gasteiger partial charge in [0.2, 0.25) is 0 Å². The summed E-state index contributed by atoms with van der Waals surface area (Å²) in [5, 5.41) is 0. The molecule has 0 bridgehead atoms. The first-order valence-corrected chi connectivity index (χ1v) is 7.09. The van der Waals surface area contributed by atoms with Gasteiger partial charge in [-0.25, -0.2) is 4.39 Å². The van der Waals surface area contributed by atoms with Crippen LogP contribution in [0.2, 0.25) is 0 Å². The van der Waals surface area contributed by atoms with Crippen LogP contribution in [0.15, 0.2) is 27.1 Å². The van der Waals surface area contributed by atoms with E-state index in [4.69, 9.17) is 0 Å². The van der Waals surface area contributed by atoms with Gasteiger partial charge in [0, 0.05) is 10.9 Å². The van der Waals surface area contributed by atoms with Crippen molar-refractivity contribution in [3.63, 3.8) is 0 Å². The maximum Gasteiger partial charge on any atom is 0.144 e. The van der Waals surface area contributed by atoms with Crippen molar-refractivity contribution in [2.75, 3.05) is 0 Å². The molecule has 0 saturated heterocycles. The zero-order valence-corrected chi connectivity index (χ0v) is 12.4. The van der Waals surface area contributed by atoms with Gasteiger partial charge in [0.05, 0.1) is 6.21 Å². The fourth-order valence-electron chi connectivity index (χ4n) is 1.05. The van der Waals surface area contributed by atoms with Gasteiger partial charge < -0.3 is 4.55 Å². The SMILES string of the molecule is CC(C)(C)[S+]([O-])N=CCc1ccc(Br)cc1F. The summed E-state index contributed by atoms with van der Waals surface area (Å²) >= 11 is 1.91. The molecule has 1 unspecified atom stereocenters. The summed E-state index contributed by atoms with van der Waals surface area (Å²) < 4.78 is 29.3. The topological polar surface area (TPSA) is 35.4 Å². The lowest BCUT2D eigenvalue weighted by Gasteiger charge is -2.17. The van der Waals surface area contributed by atoms with Gasteiger partial charge in [-0.15, -0.1) is 0 Å². The van der Waals surface area contributed by atoms with Gasteiger partial charge in [0.1, 0.15) is 21.9 Å². The second-order valence-corrected chi connectivity index (χ2v) is 7.44. The molecule has 2 nitrogen and oxygen atoms in total. The summed E-state index contributed by atoms with van der Waals surface area (Å²) in [7, 11) is 0. The summed E-state index contributed by atoms with van der Waals surface area (Å²) in [6.07, 6.45) is 1.86. The first-order chi connectivity index (χ1) is 7.80. The summed E-state index contributed by atoms with van der Waals surface area (Å²) in [4.78, 5) is 0. The number of benzene rings is 1. The van der Waals surface area contributed by atoms with Crippen LogP contribution in [0.4, 0.5) is 4.39 Å². The fraction of sp³-hybridized carbons (Fsp3) is 0.417. The number of hydrogen-bond donors (Lipinski definition) is 0. The molecule has 17 heavy (non-hydrogen) atoms. The fourth-order valence-corrected chi connectivity index (χ4v) is 1.91. The van der Waals surface area contributed by atoms with Crippen LogP contribution in [0, 0.1) is 5.82 Å². The van der Waals surface area contributed by atoms with Crippen molar-refractivity contribution in [1.29, 1.82) is 0 Å². The highest BCUT2D eigenvalue weighted by Crippen LogP contribution is 2.18. The molecule has 0 saturated carbocycles. The Kier molecular flexibility index (Phi) is 5.16. The maximum atomic E-state index is 13.4. The first-order valence-electron chi connectivity index (χ1n) is 5.19. The molecule has 0 aromatic heterocycles. The van der Waals surface area contributed by atoms with Crippen LogP contribution in [0.1, 0.15) is 26.3 Å². The Morgan fingerprint density at radius 2 is 2.12 bits per heavy atom. The Labute approximate surface area is 113 Å². The third kappa shape index (κ3) is 4.77. The molecule has 0 heterocycles. The molecule has 0 fully saturated rings. The lowest BCUT2D eigenvalue weighted by molar-refractivity contribution is 0.561. The van der Waals surface area contributed by atoms with Crippen LogP contribution in [-0.4, -0.2) is 15.5 Å². The summed E-state index contributed by atoms with van der Waals surface area (Å²) in [5.41, 5.74) is 0.544. The first kappa shape index (κ1) is 14.7. The molecule has 1 aromatic rings. The van der Waals surface area contributed by atoms with Gasteiger partial charge >= 0.3 is 0 Å². The number of hydrogen-bond acceptors (Lipinski definition) is 2. The largest absolute Gasteiger partial charge is 0.591 e. The Hall–Kier alpha value is -0.390. The van der Waals surface area contributed by atoms with E-state index in [-0.39, 0.29) is 10.6 Å². The third-order valence-corrected chi connectivity index (χ3v) is 3.90. The second-order valence-electron chi connectivity index (χ2n) is 4.59. The van der Waals surface area contributed by atoms with E-state index in [1.807, 2.05) is 20.8 Å². The second kappa shape index (κ2) is 5.98. The highest BCUT2D eigenvalue weighted by Gasteiger charge is 2.25. The van der Waals surface area contributed by atoms with Crippen LogP contribution in [0.3, 0.4) is 0 Å². The van der Waals surface area contributed by atoms with Crippen LogP contribution in [-0.2, 0) is 17.8 Å². The van der Waals surface area contributed by atoms with Crippen LogP contribution in [0.25, 0.3) is 0 Å². The van der Waals surface area contributed by atoms with Crippen molar-refractivity contribution in [1.82, 2.24) is 0 Å². The number of rotatable bonds is 3. The lowest BCUT2D eigenvalue weighted by atomic mass is 10.1. The maximum absolute atomic E-state index is 13.4. The Balaban J connectivity index is 2.65. The van der Waals surface area contributed by atoms with E-state index in [9.17, 15) is 8.94 Å². The van der Waals surface area contributed by atoms with E-state index in [2.05, 4.69) is 20.3 Å². The molecule has 1 rings (SSSR count). The molecule has 0 radical (unpaired) electrons. The molecular weight excluding hydrogens is 305 g/mol. The quantitative estimate of drug-likeness (QED) is 0.618. The van der Waals surface area contributed by atoms with E-state index in [1.54, 1.807) is 12.1 Å². The molecule has 1 aromatic carbocycles. The molecule has 1 atom stereocenters. The Bertz CT molecular complexity index is 417. The van der Waals surface area contributed by atoms with E-state index >= 15 is 0 Å². The minimum Gasteiger partial charge on any atom is -0.591 e. The monoisotopic (exact) mass is 319 g/mol. The highest BCUT2D eigenvalue weighted by atomic mass is 79.9. The van der Waals surface area contributed by atoms with Gasteiger partial charge in [-0.3, -0.25) is 0 Å². The summed E-state index contributed by atoms with van der Waals surface area (Å²) in [5.74, 6) is -0.285. The van der Waals surface area contributed by atoms with Gasteiger partial charge in [0.15, 0.2) is 0 Å². The summed E-state index contributed by atoms with van der Waals surface area (Å²) in [6.45, 7) is 5.54. The zero-order chi connectivity index (χ0) is 13.1. The van der Waals surface area contributed by atoms with Crippen LogP contribution in [0.5, 0.6) is 0 Å². The standard InChI is InChI=1S/C12H15BrFNOS/c1-12(2,3)17(16)15-7-6-9-4-5-10(13)8-11(9)14/h4-5,7-8H,6H2,1-3H3. The minimum atomic E-state index is -1.28. The van der Waals surface area contributed by atoms with Gasteiger partial charge in [0.25, 0.3) is 0 Å². The smallest absolute Gasteiger partial charge is 0.144 e. The van der Waals surface area contributed by atoms with Crippen molar-refractivity contribution in [3.8, 4) is 0 Å². The average molecular weight is 320 g/mol. The van der Waals surface area contributed by atoms with Crippen molar-refractivity contribution >= 4 is 33.5 Å². The van der Waals surface area contributed by atoms with Gasteiger partial charge in [-0.2, -0.15) is 0 Å². The van der Waals surface area contributed by atoms with Crippen molar-refractivity contribution in [3.05, 3.63) is 34.1 Å². The van der Waals surface area contributed by atoms with Crippen molar-refractivity contribution in [2.45, 2.75) is 31.9 Å². The third-order valence-electron chi connectivity index (χ3n) is 2.02. The molecular formula is C12H15BrFNOS. The normalized spacial score (nSPS) is 14.2. The van der Waals surface area contributed by atoms with Crippen LogP contribution >= 0.6 is 15.9 Å². The molecule has 0 spiro atoms. The molecule has 0 aliphatic heterocycles. The van der Waals surface area contributed by atoms with Crippen LogP contribution < -0.4 is 0 Å². The van der Waals surface area contributed by atoms with E-state index in [1.165, 1.54) is 12.3 Å². The predicted molar refractivity (Wildman–Crippen MR) is 74.2 cm³/mol.